The topological polar surface area (TPSA) is 86.5 Å². The summed E-state index contributed by atoms with van der Waals surface area (Å²) in [5.74, 6) is -0.225. The molecular weight excluding hydrogens is 254 g/mol. The van der Waals surface area contributed by atoms with Crippen molar-refractivity contribution in [1.82, 2.24) is 9.97 Å². The molecule has 1 aliphatic heterocycles. The van der Waals surface area contributed by atoms with Crippen molar-refractivity contribution in [2.75, 3.05) is 18.0 Å². The zero-order valence-electron chi connectivity index (χ0n) is 9.62. The highest BCUT2D eigenvalue weighted by Gasteiger charge is 2.29. The summed E-state index contributed by atoms with van der Waals surface area (Å²) in [6.45, 7) is 2.83. The van der Waals surface area contributed by atoms with Crippen LogP contribution in [-0.4, -0.2) is 45.3 Å². The Bertz CT molecular complexity index is 634. The Hall–Kier alpha value is -1.73. The Kier molecular flexibility index (Phi) is 2.46. The molecule has 18 heavy (non-hydrogen) atoms. The summed E-state index contributed by atoms with van der Waals surface area (Å²) in [4.78, 5) is 22.4. The number of anilines is 1. The highest BCUT2D eigenvalue weighted by molar-refractivity contribution is 7.20. The van der Waals surface area contributed by atoms with Crippen molar-refractivity contribution in [1.29, 1.82) is 0 Å². The van der Waals surface area contributed by atoms with E-state index in [1.54, 1.807) is 6.92 Å². The van der Waals surface area contributed by atoms with E-state index < -0.39 is 5.97 Å². The highest BCUT2D eigenvalue weighted by atomic mass is 32.1. The van der Waals surface area contributed by atoms with Crippen LogP contribution in [0.2, 0.25) is 0 Å². The molecule has 2 aromatic heterocycles. The second-order valence-corrected chi connectivity index (χ2v) is 5.30. The number of aryl methyl sites for hydroxylation is 1. The lowest BCUT2D eigenvalue weighted by atomic mass is 10.1. The average molecular weight is 265 g/mol. The molecule has 3 rings (SSSR count). The van der Waals surface area contributed by atoms with E-state index in [0.717, 1.165) is 16.7 Å². The Labute approximate surface area is 107 Å². The van der Waals surface area contributed by atoms with Gasteiger partial charge in [0, 0.05) is 13.1 Å². The summed E-state index contributed by atoms with van der Waals surface area (Å²) in [5.41, 5.74) is 0.694. The molecule has 0 radical (unpaired) electrons. The second kappa shape index (κ2) is 3.89. The van der Waals surface area contributed by atoms with Gasteiger partial charge in [-0.2, -0.15) is 0 Å². The fraction of sp³-hybridized carbons (Fsp3) is 0.364. The zero-order chi connectivity index (χ0) is 12.9. The van der Waals surface area contributed by atoms with Crippen molar-refractivity contribution >= 4 is 33.3 Å². The Morgan fingerprint density at radius 3 is 2.83 bits per heavy atom. The highest BCUT2D eigenvalue weighted by Crippen LogP contribution is 2.36. The van der Waals surface area contributed by atoms with Crippen LogP contribution in [0.5, 0.6) is 0 Å². The van der Waals surface area contributed by atoms with Crippen molar-refractivity contribution < 1.29 is 15.0 Å². The van der Waals surface area contributed by atoms with Crippen molar-refractivity contribution in [2.45, 2.75) is 13.0 Å². The number of aromatic carboxylic acids is 1. The van der Waals surface area contributed by atoms with Gasteiger partial charge in [-0.05, 0) is 12.5 Å². The number of carboxylic acid groups (broad SMARTS) is 1. The monoisotopic (exact) mass is 265 g/mol. The van der Waals surface area contributed by atoms with E-state index in [4.69, 9.17) is 5.11 Å². The molecule has 0 saturated carbocycles. The van der Waals surface area contributed by atoms with Gasteiger partial charge in [-0.25, -0.2) is 14.8 Å². The van der Waals surface area contributed by atoms with Gasteiger partial charge in [0.15, 0.2) is 0 Å². The number of hydrogen-bond donors (Lipinski definition) is 2. The standard InChI is InChI=1S/C11H11N3O3S/c1-5-7-9(14-2-6(15)3-14)12-4-13-10(7)18-8(5)11(16)17/h4,6,15H,2-3H2,1H3,(H,16,17). The van der Waals surface area contributed by atoms with E-state index in [1.165, 1.54) is 6.33 Å². The summed E-state index contributed by atoms with van der Waals surface area (Å²) in [7, 11) is 0. The number of aromatic nitrogens is 2. The SMILES string of the molecule is Cc1c(C(=O)O)sc2ncnc(N3CC(O)C3)c12. The molecule has 3 heterocycles. The minimum atomic E-state index is -0.940. The van der Waals surface area contributed by atoms with Crippen LogP contribution in [0.4, 0.5) is 5.82 Å². The van der Waals surface area contributed by atoms with Crippen LogP contribution in [0.3, 0.4) is 0 Å². The minimum Gasteiger partial charge on any atom is -0.477 e. The van der Waals surface area contributed by atoms with Crippen LogP contribution in [0, 0.1) is 6.92 Å². The normalized spacial score (nSPS) is 16.0. The maximum Gasteiger partial charge on any atom is 0.346 e. The molecule has 94 valence electrons. The average Bonchev–Trinajstić information content (AvgIpc) is 2.63. The fourth-order valence-electron chi connectivity index (χ4n) is 2.13. The Morgan fingerprint density at radius 2 is 2.22 bits per heavy atom. The maximum absolute atomic E-state index is 11.1. The predicted octanol–water partition coefficient (Wildman–Crippen LogP) is 0.879. The zero-order valence-corrected chi connectivity index (χ0v) is 10.4. The molecule has 2 aromatic rings. The quantitative estimate of drug-likeness (QED) is 0.838. The van der Waals surface area contributed by atoms with Crippen LogP contribution in [0.15, 0.2) is 6.33 Å². The molecule has 1 fully saturated rings. The Balaban J connectivity index is 2.18. The summed E-state index contributed by atoms with van der Waals surface area (Å²) >= 11 is 1.16. The van der Waals surface area contributed by atoms with E-state index >= 15 is 0 Å². The number of aliphatic hydroxyl groups excluding tert-OH is 1. The van der Waals surface area contributed by atoms with E-state index in [0.29, 0.717) is 34.2 Å². The number of aliphatic hydroxyl groups is 1. The molecule has 0 unspecified atom stereocenters. The molecular formula is C11H11N3O3S. The van der Waals surface area contributed by atoms with E-state index in [1.807, 2.05) is 4.90 Å². The number of hydrogen-bond acceptors (Lipinski definition) is 6. The molecule has 1 saturated heterocycles. The molecule has 7 heteroatoms. The summed E-state index contributed by atoms with van der Waals surface area (Å²) in [5, 5.41) is 19.2. The van der Waals surface area contributed by atoms with Crippen molar-refractivity contribution in [3.05, 3.63) is 16.8 Å². The first-order valence-corrected chi connectivity index (χ1v) is 6.30. The number of carbonyl (C=O) groups is 1. The lowest BCUT2D eigenvalue weighted by molar-refractivity contribution is 0.0701. The third-order valence-electron chi connectivity index (χ3n) is 3.06. The molecule has 0 spiro atoms. The molecule has 0 aliphatic carbocycles. The van der Waals surface area contributed by atoms with Gasteiger partial charge in [-0.3, -0.25) is 0 Å². The smallest absolute Gasteiger partial charge is 0.346 e. The van der Waals surface area contributed by atoms with E-state index in [2.05, 4.69) is 9.97 Å². The van der Waals surface area contributed by atoms with Gasteiger partial charge >= 0.3 is 5.97 Å². The molecule has 0 bridgehead atoms. The van der Waals surface area contributed by atoms with Gasteiger partial charge in [0.05, 0.1) is 11.5 Å². The molecule has 2 N–H and O–H groups in total. The van der Waals surface area contributed by atoms with Crippen molar-refractivity contribution in [3.8, 4) is 0 Å². The summed E-state index contributed by atoms with van der Waals surface area (Å²) in [6, 6.07) is 0. The van der Waals surface area contributed by atoms with Crippen LogP contribution in [0.1, 0.15) is 15.2 Å². The third-order valence-corrected chi connectivity index (χ3v) is 4.25. The number of fused-ring (bicyclic) bond motifs is 1. The third kappa shape index (κ3) is 1.55. The number of carboxylic acids is 1. The molecule has 0 atom stereocenters. The largest absolute Gasteiger partial charge is 0.477 e. The van der Waals surface area contributed by atoms with Gasteiger partial charge in [0.1, 0.15) is 21.9 Å². The van der Waals surface area contributed by atoms with Gasteiger partial charge < -0.3 is 15.1 Å². The first-order chi connectivity index (χ1) is 8.58. The van der Waals surface area contributed by atoms with Crippen LogP contribution >= 0.6 is 11.3 Å². The summed E-state index contributed by atoms with van der Waals surface area (Å²) in [6.07, 6.45) is 1.11. The molecule has 1 aliphatic rings. The molecule has 0 amide bonds. The van der Waals surface area contributed by atoms with Gasteiger partial charge in [-0.1, -0.05) is 0 Å². The second-order valence-electron chi connectivity index (χ2n) is 4.30. The number of β-amino-alcohol motifs (C(OH)–C–C–N with tert-alkyl or cyclic N) is 1. The molecule has 0 aromatic carbocycles. The first kappa shape index (κ1) is 11.4. The van der Waals surface area contributed by atoms with E-state index in [9.17, 15) is 9.90 Å². The first-order valence-electron chi connectivity index (χ1n) is 5.48. The number of thiophene rings is 1. The van der Waals surface area contributed by atoms with Crippen LogP contribution in [-0.2, 0) is 0 Å². The predicted molar refractivity (Wildman–Crippen MR) is 67.3 cm³/mol. The van der Waals surface area contributed by atoms with Crippen molar-refractivity contribution in [2.24, 2.45) is 0 Å². The summed E-state index contributed by atoms with van der Waals surface area (Å²) < 4.78 is 0. The van der Waals surface area contributed by atoms with Gasteiger partial charge in [0.2, 0.25) is 0 Å². The van der Waals surface area contributed by atoms with Gasteiger partial charge in [-0.15, -0.1) is 11.3 Å². The lowest BCUT2D eigenvalue weighted by Gasteiger charge is -2.37. The minimum absolute atomic E-state index is 0.299. The number of nitrogens with zero attached hydrogens (tertiary/aromatic N) is 3. The van der Waals surface area contributed by atoms with Gasteiger partial charge in [0.25, 0.3) is 0 Å². The molecule has 6 nitrogen and oxygen atoms in total. The van der Waals surface area contributed by atoms with Crippen LogP contribution < -0.4 is 4.90 Å². The lowest BCUT2D eigenvalue weighted by Crippen LogP contribution is -2.51. The fourth-order valence-corrected chi connectivity index (χ4v) is 3.11. The van der Waals surface area contributed by atoms with E-state index in [-0.39, 0.29) is 6.10 Å². The Morgan fingerprint density at radius 1 is 1.50 bits per heavy atom. The maximum atomic E-state index is 11.1. The number of rotatable bonds is 2. The van der Waals surface area contributed by atoms with Crippen LogP contribution in [0.25, 0.3) is 10.2 Å². The van der Waals surface area contributed by atoms with Crippen molar-refractivity contribution in [3.63, 3.8) is 0 Å².